The third-order valence-corrected chi connectivity index (χ3v) is 17.0. The van der Waals surface area contributed by atoms with E-state index in [1.54, 1.807) is 22.4 Å². The van der Waals surface area contributed by atoms with Crippen molar-refractivity contribution in [2.45, 2.75) is 108 Å². The minimum absolute atomic E-state index is 0.0652. The number of hydrogen-bond donors (Lipinski definition) is 4. The Morgan fingerprint density at radius 2 is 1.54 bits per heavy atom. The van der Waals surface area contributed by atoms with Gasteiger partial charge in [-0.15, -0.1) is 11.3 Å². The number of nitrogens with one attached hydrogen (secondary N) is 4. The van der Waals surface area contributed by atoms with Gasteiger partial charge in [0.05, 0.1) is 71.7 Å². The SMILES string of the molecule is COC(=O)NC(C(=O)N1[C@@H]2C[C@@H]2C[C@H]1c1ncc(-c2ccc3c(c2)cc2n3C(c3ccc(C4CC4)s3)Oc3cc(-c4cnc([C@@H]5CCCN5C(=O)[C@@H](NC(=O)OC)C(C)C)[nH]4)cc(F)c3-2)[nH]1)C1CCOCC1. The standard InChI is InChI=1S/C53H58FN9O8S/c1-26(2)45(59-52(66)68-3)49(64)61-15-5-6-37(61)47-55-25-35(58-47)30-19-33(54)44-39-21-31-18-29(9-10-36(31)63(39)51(71-41(44)23-30)43-12-11-42(72-43)27-7-8-27)34-24-56-48(57-34)40-22-32-20-38(32)62(40)50(65)46(60-53(67)69-4)28-13-16-70-17-14-28/h9-12,18-19,21,23-28,32,37-38,40,45-46,51H,5-8,13-17,20,22H2,1-4H3,(H,55,58)(H,56,57)(H,59,66)(H,60,67)/t32-,37+,38-,40+,45+,46?,51?/m1/s1. The van der Waals surface area contributed by atoms with Gasteiger partial charge in [-0.05, 0) is 118 Å². The summed E-state index contributed by atoms with van der Waals surface area (Å²) >= 11 is 1.73. The second kappa shape index (κ2) is 18.4. The average molecular weight is 1000 g/mol. The maximum atomic E-state index is 17.0. The number of nitrogens with zero attached hydrogens (tertiary/aromatic N) is 5. The molecule has 2 aliphatic carbocycles. The van der Waals surface area contributed by atoms with Crippen LogP contribution in [-0.2, 0) is 23.8 Å². The smallest absolute Gasteiger partial charge is 0.407 e. The van der Waals surface area contributed by atoms with Crippen molar-refractivity contribution in [3.05, 3.63) is 88.1 Å². The van der Waals surface area contributed by atoms with Crippen LogP contribution in [0.4, 0.5) is 14.0 Å². The molecular weight excluding hydrogens is 942 g/mol. The molecule has 2 aromatic carbocycles. The third-order valence-electron chi connectivity index (χ3n) is 15.7. The number of methoxy groups -OCH3 is 2. The van der Waals surface area contributed by atoms with Crippen LogP contribution in [0.15, 0.2) is 60.9 Å². The summed E-state index contributed by atoms with van der Waals surface area (Å²) in [5.41, 5.74) is 4.73. The van der Waals surface area contributed by atoms with E-state index in [4.69, 9.17) is 28.9 Å². The molecule has 6 aromatic rings. The van der Waals surface area contributed by atoms with E-state index in [9.17, 15) is 19.2 Å². The lowest BCUT2D eigenvalue weighted by Gasteiger charge is -2.35. The number of thiophene rings is 1. The Balaban J connectivity index is 0.851. The molecule has 2 unspecified atom stereocenters. The predicted octanol–water partition coefficient (Wildman–Crippen LogP) is 8.96. The van der Waals surface area contributed by atoms with Gasteiger partial charge >= 0.3 is 12.2 Å². The molecule has 0 spiro atoms. The normalized spacial score (nSPS) is 23.3. The minimum Gasteiger partial charge on any atom is -0.464 e. The van der Waals surface area contributed by atoms with Gasteiger partial charge < -0.3 is 49.3 Å². The number of ether oxygens (including phenoxy) is 4. The van der Waals surface area contributed by atoms with Crippen LogP contribution in [0.25, 0.3) is 44.7 Å². The molecule has 376 valence electrons. The van der Waals surface area contributed by atoms with Gasteiger partial charge in [-0.25, -0.2) is 23.9 Å². The number of aromatic amines is 2. The number of rotatable bonds is 12. The first kappa shape index (κ1) is 46.3. The summed E-state index contributed by atoms with van der Waals surface area (Å²) in [5, 5.41) is 6.45. The monoisotopic (exact) mass is 999 g/mol. The number of carbonyl (C=O) groups is 4. The highest BCUT2D eigenvalue weighted by atomic mass is 32.1. The third kappa shape index (κ3) is 8.27. The van der Waals surface area contributed by atoms with Gasteiger partial charge in [0.2, 0.25) is 18.0 Å². The van der Waals surface area contributed by atoms with E-state index < -0.39 is 36.3 Å². The van der Waals surface area contributed by atoms with Gasteiger partial charge in [0.25, 0.3) is 0 Å². The van der Waals surface area contributed by atoms with Crippen molar-refractivity contribution in [2.75, 3.05) is 34.0 Å². The van der Waals surface area contributed by atoms with Crippen molar-refractivity contribution in [3.8, 4) is 39.5 Å². The summed E-state index contributed by atoms with van der Waals surface area (Å²) < 4.78 is 41.4. The molecule has 0 bridgehead atoms. The Morgan fingerprint density at radius 1 is 0.819 bits per heavy atom. The zero-order chi connectivity index (χ0) is 49.5. The first-order valence-corrected chi connectivity index (χ1v) is 26.0. The molecule has 12 rings (SSSR count). The summed E-state index contributed by atoms with van der Waals surface area (Å²) in [7, 11) is 2.58. The number of amides is 4. The van der Waals surface area contributed by atoms with Crippen molar-refractivity contribution in [3.63, 3.8) is 0 Å². The summed E-state index contributed by atoms with van der Waals surface area (Å²) in [6.45, 7) is 5.34. The van der Waals surface area contributed by atoms with Gasteiger partial charge in [-0.3, -0.25) is 14.2 Å². The minimum atomic E-state index is -0.769. The zero-order valence-electron chi connectivity index (χ0n) is 40.6. The maximum absolute atomic E-state index is 17.0. The number of hydrogen-bond acceptors (Lipinski definition) is 11. The predicted molar refractivity (Wildman–Crippen MR) is 264 cm³/mol. The first-order chi connectivity index (χ1) is 35.0. The summed E-state index contributed by atoms with van der Waals surface area (Å²) in [4.78, 5) is 75.6. The number of H-pyrrole nitrogens is 2. The number of halogens is 1. The van der Waals surface area contributed by atoms with E-state index >= 15 is 4.39 Å². The number of likely N-dealkylation sites (tertiary alicyclic amines) is 2. The van der Waals surface area contributed by atoms with E-state index in [1.807, 2.05) is 49.2 Å². The lowest BCUT2D eigenvalue weighted by atomic mass is 9.90. The van der Waals surface area contributed by atoms with Crippen LogP contribution in [0.2, 0.25) is 0 Å². The van der Waals surface area contributed by atoms with Crippen LogP contribution in [0.1, 0.15) is 111 Å². The Labute approximate surface area is 419 Å². The second-order valence-corrected chi connectivity index (χ2v) is 21.7. The fourth-order valence-corrected chi connectivity index (χ4v) is 12.9. The Bertz CT molecular complexity index is 3100. The molecule has 5 fully saturated rings. The number of benzene rings is 2. The number of carbonyl (C=O) groups excluding carboxylic acids is 4. The molecule has 72 heavy (non-hydrogen) atoms. The van der Waals surface area contributed by atoms with Crippen LogP contribution in [0.5, 0.6) is 5.75 Å². The highest BCUT2D eigenvalue weighted by molar-refractivity contribution is 7.12. The molecule has 8 heterocycles. The van der Waals surface area contributed by atoms with Crippen LogP contribution >= 0.6 is 11.3 Å². The fraction of sp³-hybridized carbons (Fsp3) is 0.472. The molecule has 7 atom stereocenters. The molecule has 4 amide bonds. The number of alkyl carbamates (subject to hydrolysis) is 2. The molecule has 0 radical (unpaired) electrons. The molecule has 19 heteroatoms. The van der Waals surface area contributed by atoms with Gasteiger partial charge in [0, 0.05) is 47.2 Å². The largest absolute Gasteiger partial charge is 0.464 e. The molecule has 3 saturated heterocycles. The van der Waals surface area contributed by atoms with Crippen molar-refractivity contribution < 1.29 is 42.5 Å². The quantitative estimate of drug-likeness (QED) is 0.0918. The van der Waals surface area contributed by atoms with E-state index in [2.05, 4.69) is 43.4 Å². The number of piperidine rings is 1. The molecule has 4 N–H and O–H groups in total. The Hall–Kier alpha value is -6.73. The number of fused-ring (bicyclic) bond motifs is 6. The van der Waals surface area contributed by atoms with E-state index in [-0.39, 0.29) is 41.8 Å². The van der Waals surface area contributed by atoms with Crippen LogP contribution < -0.4 is 15.4 Å². The Kier molecular flexibility index (Phi) is 11.8. The van der Waals surface area contributed by atoms with Crippen LogP contribution in [-0.4, -0.2) is 110 Å². The van der Waals surface area contributed by atoms with E-state index in [1.165, 1.54) is 38.0 Å². The molecule has 4 aliphatic heterocycles. The van der Waals surface area contributed by atoms with Crippen molar-refractivity contribution in [1.29, 1.82) is 0 Å². The van der Waals surface area contributed by atoms with Crippen molar-refractivity contribution in [1.82, 2.24) is 44.9 Å². The molecule has 17 nitrogen and oxygen atoms in total. The van der Waals surface area contributed by atoms with Crippen LogP contribution in [0, 0.1) is 23.6 Å². The average Bonchev–Trinajstić information content (AvgIpc) is 3.85. The van der Waals surface area contributed by atoms with Gasteiger partial charge in [0.15, 0.2) is 0 Å². The topological polar surface area (TPSA) is 198 Å². The number of aromatic nitrogens is 5. The molecule has 4 aromatic heterocycles. The zero-order valence-corrected chi connectivity index (χ0v) is 41.4. The Morgan fingerprint density at radius 3 is 2.28 bits per heavy atom. The van der Waals surface area contributed by atoms with Gasteiger partial charge in [-0.2, -0.15) is 0 Å². The lowest BCUT2D eigenvalue weighted by Crippen LogP contribution is -2.54. The first-order valence-electron chi connectivity index (χ1n) is 25.2. The van der Waals surface area contributed by atoms with Crippen molar-refractivity contribution in [2.24, 2.45) is 17.8 Å². The van der Waals surface area contributed by atoms with E-state index in [0.29, 0.717) is 90.8 Å². The fourth-order valence-electron chi connectivity index (χ4n) is 11.7. The highest BCUT2D eigenvalue weighted by Crippen LogP contribution is 2.54. The molecular formula is C53H58FN9O8S. The van der Waals surface area contributed by atoms with Gasteiger partial charge in [0.1, 0.15) is 35.3 Å². The van der Waals surface area contributed by atoms with Gasteiger partial charge in [-0.1, -0.05) is 19.9 Å². The second-order valence-electron chi connectivity index (χ2n) is 20.5. The lowest BCUT2D eigenvalue weighted by molar-refractivity contribution is -0.138. The van der Waals surface area contributed by atoms with Crippen molar-refractivity contribution >= 4 is 46.2 Å². The highest BCUT2D eigenvalue weighted by Gasteiger charge is 2.57. The summed E-state index contributed by atoms with van der Waals surface area (Å²) in [6, 6.07) is 13.8. The van der Waals surface area contributed by atoms with E-state index in [0.717, 1.165) is 46.3 Å². The summed E-state index contributed by atoms with van der Waals surface area (Å²) in [5.74, 6) is 1.60. The summed E-state index contributed by atoms with van der Waals surface area (Å²) in [6.07, 6.45) is 8.44. The molecule has 2 saturated carbocycles. The van der Waals surface area contributed by atoms with Crippen LogP contribution in [0.3, 0.4) is 0 Å². The number of imidazole rings is 2. The maximum Gasteiger partial charge on any atom is 0.407 e. The molecule has 6 aliphatic rings.